The van der Waals surface area contributed by atoms with Crippen LogP contribution in [0.15, 0.2) is 12.2 Å². The Labute approximate surface area is 93.4 Å². The molecule has 1 amide bonds. The van der Waals surface area contributed by atoms with E-state index >= 15 is 0 Å². The van der Waals surface area contributed by atoms with Crippen LogP contribution in [0.2, 0.25) is 0 Å². The summed E-state index contributed by atoms with van der Waals surface area (Å²) in [5, 5.41) is 1.53. The van der Waals surface area contributed by atoms with Gasteiger partial charge in [0.05, 0.1) is 0 Å². The van der Waals surface area contributed by atoms with Crippen molar-refractivity contribution in [2.45, 2.75) is 33.3 Å². The third-order valence-corrected chi connectivity index (χ3v) is 1.44. The molecule has 0 heterocycles. The van der Waals surface area contributed by atoms with Crippen LogP contribution >= 0.6 is 11.6 Å². The molecule has 0 bridgehead atoms. The molecule has 0 aliphatic carbocycles. The second-order valence-electron chi connectivity index (χ2n) is 2.95. The van der Waals surface area contributed by atoms with Crippen LogP contribution < -0.4 is 5.32 Å². The summed E-state index contributed by atoms with van der Waals surface area (Å²) in [6.45, 7) is 8.03. The number of esters is 1. The van der Waals surface area contributed by atoms with Crippen molar-refractivity contribution in [2.24, 2.45) is 0 Å². The van der Waals surface area contributed by atoms with Crippen molar-refractivity contribution in [3.63, 3.8) is 0 Å². The molecule has 6 heteroatoms. The lowest BCUT2D eigenvalue weighted by Crippen LogP contribution is -2.35. The third-order valence-electron chi connectivity index (χ3n) is 1.33. The average Bonchev–Trinajstić information content (AvgIpc) is 2.00. The van der Waals surface area contributed by atoms with Gasteiger partial charge in [-0.3, -0.25) is 4.79 Å². The minimum absolute atomic E-state index is 0.277. The van der Waals surface area contributed by atoms with E-state index in [1.165, 1.54) is 13.8 Å². The first kappa shape index (κ1) is 13.9. The van der Waals surface area contributed by atoms with Crippen LogP contribution in [0, 0.1) is 0 Å². The minimum Gasteiger partial charge on any atom is -0.433 e. The molecule has 0 saturated heterocycles. The van der Waals surface area contributed by atoms with Crippen LogP contribution in [0.25, 0.3) is 0 Å². The summed E-state index contributed by atoms with van der Waals surface area (Å²) in [6.07, 6.45) is -1.42. The van der Waals surface area contributed by atoms with Crippen molar-refractivity contribution < 1.29 is 19.1 Å². The molecule has 5 nitrogen and oxygen atoms in total. The van der Waals surface area contributed by atoms with Crippen LogP contribution in [0.4, 0.5) is 4.79 Å². The van der Waals surface area contributed by atoms with Crippen molar-refractivity contribution in [3.05, 3.63) is 12.2 Å². The summed E-state index contributed by atoms with van der Waals surface area (Å²) in [5.74, 6) is -0.549. The maximum atomic E-state index is 11.0. The first-order valence-corrected chi connectivity index (χ1v) is 4.68. The Morgan fingerprint density at radius 1 is 1.40 bits per heavy atom. The van der Waals surface area contributed by atoms with Gasteiger partial charge in [0.1, 0.15) is 6.23 Å². The van der Waals surface area contributed by atoms with Crippen molar-refractivity contribution in [1.82, 2.24) is 5.32 Å². The second-order valence-corrected chi connectivity index (χ2v) is 3.29. The van der Waals surface area contributed by atoms with Gasteiger partial charge in [0.25, 0.3) is 0 Å². The zero-order valence-electron chi connectivity index (χ0n) is 8.87. The van der Waals surface area contributed by atoms with Gasteiger partial charge in [-0.15, -0.1) is 0 Å². The van der Waals surface area contributed by atoms with Crippen LogP contribution in [0.1, 0.15) is 20.8 Å². The lowest BCUT2D eigenvalue weighted by atomic mass is 10.4. The summed E-state index contributed by atoms with van der Waals surface area (Å²) < 4.78 is 9.89. The number of nitrogens with one attached hydrogen (secondary N) is 1. The van der Waals surface area contributed by atoms with Crippen molar-refractivity contribution in [2.75, 3.05) is 0 Å². The Kier molecular flexibility index (Phi) is 5.96. The van der Waals surface area contributed by atoms with E-state index in [-0.39, 0.29) is 5.57 Å². The Balaban J connectivity index is 3.92. The van der Waals surface area contributed by atoms with Crippen LogP contribution in [0.3, 0.4) is 0 Å². The molecule has 15 heavy (non-hydrogen) atoms. The zero-order valence-corrected chi connectivity index (χ0v) is 9.63. The Bertz CT molecular complexity index is 267. The molecular formula is C9H14ClNO4. The number of ether oxygens (including phenoxy) is 2. The quantitative estimate of drug-likeness (QED) is 0.259. The average molecular weight is 236 g/mol. The predicted octanol–water partition coefficient (Wildman–Crippen LogP) is 1.76. The summed E-state index contributed by atoms with van der Waals surface area (Å²) >= 11 is 5.06. The van der Waals surface area contributed by atoms with E-state index in [4.69, 9.17) is 21.1 Å². The molecule has 1 N–H and O–H groups in total. The number of hydrogen-bond acceptors (Lipinski definition) is 4. The minimum atomic E-state index is -0.785. The molecule has 0 saturated carbocycles. The largest absolute Gasteiger partial charge is 0.433 e. The van der Waals surface area contributed by atoms with Gasteiger partial charge in [-0.25, -0.2) is 4.79 Å². The van der Waals surface area contributed by atoms with Gasteiger partial charge < -0.3 is 14.8 Å². The lowest BCUT2D eigenvalue weighted by molar-refractivity contribution is -0.180. The van der Waals surface area contributed by atoms with Gasteiger partial charge in [0.2, 0.25) is 6.29 Å². The van der Waals surface area contributed by atoms with E-state index in [9.17, 15) is 9.59 Å². The smallest absolute Gasteiger partial charge is 0.335 e. The Hall–Kier alpha value is -1.07. The summed E-state index contributed by atoms with van der Waals surface area (Å²) in [6, 6.07) is 0. The van der Waals surface area contributed by atoms with Gasteiger partial charge >= 0.3 is 11.3 Å². The van der Waals surface area contributed by atoms with E-state index in [2.05, 4.69) is 11.9 Å². The predicted molar refractivity (Wildman–Crippen MR) is 55.3 cm³/mol. The van der Waals surface area contributed by atoms with Crippen molar-refractivity contribution in [3.8, 4) is 0 Å². The van der Waals surface area contributed by atoms with E-state index in [1.54, 1.807) is 6.92 Å². The van der Waals surface area contributed by atoms with Gasteiger partial charge in [0.15, 0.2) is 0 Å². The molecule has 0 radical (unpaired) electrons. The van der Waals surface area contributed by atoms with Crippen molar-refractivity contribution >= 4 is 22.9 Å². The molecule has 0 aliphatic rings. The monoisotopic (exact) mass is 235 g/mol. The van der Waals surface area contributed by atoms with E-state index in [0.29, 0.717) is 0 Å². The Morgan fingerprint density at radius 2 is 1.93 bits per heavy atom. The topological polar surface area (TPSA) is 64.6 Å². The fourth-order valence-corrected chi connectivity index (χ4v) is 0.914. The van der Waals surface area contributed by atoms with E-state index in [0.717, 1.165) is 0 Å². The van der Waals surface area contributed by atoms with Gasteiger partial charge in [-0.05, 0) is 32.4 Å². The number of halogens is 1. The van der Waals surface area contributed by atoms with E-state index in [1.807, 2.05) is 0 Å². The molecule has 0 fully saturated rings. The van der Waals surface area contributed by atoms with Crippen LogP contribution in [-0.2, 0) is 14.3 Å². The molecule has 86 valence electrons. The Morgan fingerprint density at radius 3 is 2.33 bits per heavy atom. The molecule has 0 aromatic carbocycles. The summed E-state index contributed by atoms with van der Waals surface area (Å²) in [7, 11) is 0. The SMILES string of the molecule is C=C(C)C(=O)OC(C)OC(C)NC(=O)Cl. The molecular weight excluding hydrogens is 222 g/mol. The zero-order chi connectivity index (χ0) is 12.0. The number of carbonyl (C=O) groups excluding carboxylic acids is 2. The van der Waals surface area contributed by atoms with Crippen LogP contribution in [0.5, 0.6) is 0 Å². The van der Waals surface area contributed by atoms with Gasteiger partial charge in [-0.1, -0.05) is 6.58 Å². The highest BCUT2D eigenvalue weighted by Gasteiger charge is 2.14. The normalized spacial score (nSPS) is 13.9. The number of carbonyl (C=O) groups is 2. The van der Waals surface area contributed by atoms with Crippen LogP contribution in [-0.4, -0.2) is 23.9 Å². The molecule has 0 aromatic heterocycles. The van der Waals surface area contributed by atoms with Crippen molar-refractivity contribution in [1.29, 1.82) is 0 Å². The summed E-state index contributed by atoms with van der Waals surface area (Å²) in [5.41, 5.74) is 0.277. The first-order chi connectivity index (χ1) is 6.82. The summed E-state index contributed by atoms with van der Waals surface area (Å²) in [4.78, 5) is 21.5. The van der Waals surface area contributed by atoms with Gasteiger partial charge in [0, 0.05) is 5.57 Å². The van der Waals surface area contributed by atoms with Gasteiger partial charge in [-0.2, -0.15) is 0 Å². The highest BCUT2D eigenvalue weighted by atomic mass is 35.5. The fourth-order valence-electron chi connectivity index (χ4n) is 0.760. The maximum absolute atomic E-state index is 11.0. The lowest BCUT2D eigenvalue weighted by Gasteiger charge is -2.19. The fraction of sp³-hybridized carbons (Fsp3) is 0.556. The molecule has 0 rings (SSSR count). The first-order valence-electron chi connectivity index (χ1n) is 4.31. The molecule has 0 aliphatic heterocycles. The second kappa shape index (κ2) is 6.42. The van der Waals surface area contributed by atoms with E-state index < -0.39 is 23.9 Å². The number of rotatable bonds is 5. The molecule has 0 aromatic rings. The molecule has 2 unspecified atom stereocenters. The number of amides is 1. The maximum Gasteiger partial charge on any atom is 0.335 e. The molecule has 0 spiro atoms. The third kappa shape index (κ3) is 6.93. The number of hydrogen-bond donors (Lipinski definition) is 1. The molecule has 2 atom stereocenters. The highest BCUT2D eigenvalue weighted by molar-refractivity contribution is 6.62. The standard InChI is InChI=1S/C9H14ClNO4/c1-5(2)8(12)15-7(4)14-6(3)11-9(10)13/h6-7H,1H2,2-4H3,(H,11,13). The highest BCUT2D eigenvalue weighted by Crippen LogP contribution is 2.02.